The Bertz CT molecular complexity index is 596. The van der Waals surface area contributed by atoms with Crippen molar-refractivity contribution < 1.29 is 13.5 Å². The molecule has 1 aliphatic heterocycles. The molecule has 0 radical (unpaired) electrons. The second-order valence-corrected chi connectivity index (χ2v) is 6.38. The lowest BCUT2D eigenvalue weighted by molar-refractivity contribution is 0.0585. The SMILES string of the molecule is C[C@@H]1CCCN1CCOC(c1ccc(F)cc1)c1ccc(F)cc1. The number of benzene rings is 2. The molecule has 1 aliphatic rings. The molecule has 1 atom stereocenters. The second-order valence-electron chi connectivity index (χ2n) is 6.38. The van der Waals surface area contributed by atoms with Crippen LogP contribution in [0, 0.1) is 11.6 Å². The van der Waals surface area contributed by atoms with E-state index >= 15 is 0 Å². The Balaban J connectivity index is 1.71. The Labute approximate surface area is 142 Å². The van der Waals surface area contributed by atoms with Gasteiger partial charge in [-0.25, -0.2) is 8.78 Å². The number of hydrogen-bond donors (Lipinski definition) is 0. The van der Waals surface area contributed by atoms with Crippen LogP contribution < -0.4 is 0 Å². The molecule has 2 aromatic rings. The maximum atomic E-state index is 13.2. The van der Waals surface area contributed by atoms with E-state index in [2.05, 4.69) is 11.8 Å². The summed E-state index contributed by atoms with van der Waals surface area (Å²) < 4.78 is 32.5. The highest BCUT2D eigenvalue weighted by Gasteiger charge is 2.21. The Hall–Kier alpha value is -1.78. The molecule has 128 valence electrons. The number of nitrogens with zero attached hydrogens (tertiary/aromatic N) is 1. The molecule has 0 N–H and O–H groups in total. The minimum Gasteiger partial charge on any atom is -0.367 e. The minimum atomic E-state index is -0.316. The van der Waals surface area contributed by atoms with Gasteiger partial charge in [-0.15, -0.1) is 0 Å². The Kier molecular flexibility index (Phi) is 5.59. The van der Waals surface area contributed by atoms with Gasteiger partial charge in [0.15, 0.2) is 0 Å². The molecular weight excluding hydrogens is 308 g/mol. The molecule has 0 bridgehead atoms. The first kappa shape index (κ1) is 17.1. The van der Waals surface area contributed by atoms with Gasteiger partial charge in [0.2, 0.25) is 0 Å². The topological polar surface area (TPSA) is 12.5 Å². The number of hydrogen-bond acceptors (Lipinski definition) is 2. The maximum absolute atomic E-state index is 13.2. The van der Waals surface area contributed by atoms with Crippen LogP contribution in [0.1, 0.15) is 37.0 Å². The molecule has 0 aromatic heterocycles. The predicted octanol–water partition coefficient (Wildman–Crippen LogP) is 4.56. The zero-order valence-corrected chi connectivity index (χ0v) is 13.9. The lowest BCUT2D eigenvalue weighted by Crippen LogP contribution is -2.30. The van der Waals surface area contributed by atoms with Crippen molar-refractivity contribution in [2.24, 2.45) is 0 Å². The van der Waals surface area contributed by atoms with Crippen molar-refractivity contribution >= 4 is 0 Å². The van der Waals surface area contributed by atoms with E-state index in [-0.39, 0.29) is 17.7 Å². The van der Waals surface area contributed by atoms with Gasteiger partial charge in [0.25, 0.3) is 0 Å². The monoisotopic (exact) mass is 331 g/mol. The van der Waals surface area contributed by atoms with E-state index in [1.165, 1.54) is 37.1 Å². The van der Waals surface area contributed by atoms with Crippen molar-refractivity contribution in [3.8, 4) is 0 Å². The summed E-state index contributed by atoms with van der Waals surface area (Å²) in [5, 5.41) is 0. The third kappa shape index (κ3) is 4.19. The standard InChI is InChI=1S/C20H23F2NO/c1-15-3-2-12-23(15)13-14-24-20(16-4-8-18(21)9-5-16)17-6-10-19(22)11-7-17/h4-11,15,20H,2-3,12-14H2,1H3/t15-/m1/s1. The summed E-state index contributed by atoms with van der Waals surface area (Å²) >= 11 is 0. The molecule has 1 heterocycles. The lowest BCUT2D eigenvalue weighted by atomic mass is 10.0. The van der Waals surface area contributed by atoms with E-state index in [0.717, 1.165) is 24.2 Å². The molecule has 0 aliphatic carbocycles. The first-order valence-electron chi connectivity index (χ1n) is 8.50. The van der Waals surface area contributed by atoms with E-state index < -0.39 is 0 Å². The van der Waals surface area contributed by atoms with Crippen LogP contribution in [0.4, 0.5) is 8.78 Å². The highest BCUT2D eigenvalue weighted by Crippen LogP contribution is 2.27. The summed E-state index contributed by atoms with van der Waals surface area (Å²) in [5.74, 6) is -0.551. The fourth-order valence-corrected chi connectivity index (χ4v) is 3.27. The van der Waals surface area contributed by atoms with Crippen molar-refractivity contribution in [2.45, 2.75) is 31.9 Å². The van der Waals surface area contributed by atoms with Crippen LogP contribution in [0.3, 0.4) is 0 Å². The zero-order valence-electron chi connectivity index (χ0n) is 13.9. The Morgan fingerprint density at radius 1 is 1.00 bits per heavy atom. The molecule has 2 aromatic carbocycles. The van der Waals surface area contributed by atoms with Crippen molar-refractivity contribution in [1.29, 1.82) is 0 Å². The number of likely N-dealkylation sites (tertiary alicyclic amines) is 1. The maximum Gasteiger partial charge on any atom is 0.123 e. The van der Waals surface area contributed by atoms with Crippen LogP contribution in [-0.2, 0) is 4.74 Å². The molecule has 1 saturated heterocycles. The molecule has 0 unspecified atom stereocenters. The van der Waals surface area contributed by atoms with E-state index in [0.29, 0.717) is 12.6 Å². The fourth-order valence-electron chi connectivity index (χ4n) is 3.27. The van der Waals surface area contributed by atoms with Crippen molar-refractivity contribution in [2.75, 3.05) is 19.7 Å². The average molecular weight is 331 g/mol. The Morgan fingerprint density at radius 3 is 2.00 bits per heavy atom. The van der Waals surface area contributed by atoms with Crippen molar-refractivity contribution in [3.63, 3.8) is 0 Å². The molecule has 0 amide bonds. The lowest BCUT2D eigenvalue weighted by Gasteiger charge is -2.24. The Morgan fingerprint density at radius 2 is 1.54 bits per heavy atom. The molecule has 4 heteroatoms. The van der Waals surface area contributed by atoms with Gasteiger partial charge < -0.3 is 4.74 Å². The predicted molar refractivity (Wildman–Crippen MR) is 90.9 cm³/mol. The largest absolute Gasteiger partial charge is 0.367 e. The van der Waals surface area contributed by atoms with Gasteiger partial charge >= 0.3 is 0 Å². The summed E-state index contributed by atoms with van der Waals surface area (Å²) in [6, 6.07) is 13.2. The van der Waals surface area contributed by atoms with Gasteiger partial charge in [0, 0.05) is 12.6 Å². The third-order valence-corrected chi connectivity index (χ3v) is 4.70. The first-order valence-corrected chi connectivity index (χ1v) is 8.50. The van der Waals surface area contributed by atoms with Crippen LogP contribution >= 0.6 is 0 Å². The van der Waals surface area contributed by atoms with Gasteiger partial charge in [-0.05, 0) is 61.7 Å². The molecular formula is C20H23F2NO. The highest BCUT2D eigenvalue weighted by molar-refractivity contribution is 5.30. The molecule has 2 nitrogen and oxygen atoms in total. The third-order valence-electron chi connectivity index (χ3n) is 4.70. The number of rotatable bonds is 6. The van der Waals surface area contributed by atoms with Gasteiger partial charge in [-0.2, -0.15) is 0 Å². The van der Waals surface area contributed by atoms with E-state index in [9.17, 15) is 8.78 Å². The summed E-state index contributed by atoms with van der Waals surface area (Å²) in [4.78, 5) is 2.42. The summed E-state index contributed by atoms with van der Waals surface area (Å²) in [6.07, 6.45) is 2.16. The van der Waals surface area contributed by atoms with Crippen LogP contribution in [0.15, 0.2) is 48.5 Å². The van der Waals surface area contributed by atoms with E-state index in [4.69, 9.17) is 4.74 Å². The normalized spacial score (nSPS) is 18.4. The van der Waals surface area contributed by atoms with Crippen LogP contribution in [-0.4, -0.2) is 30.6 Å². The van der Waals surface area contributed by atoms with Gasteiger partial charge in [0.05, 0.1) is 6.61 Å². The van der Waals surface area contributed by atoms with E-state index in [1.54, 1.807) is 24.3 Å². The number of ether oxygens (including phenoxy) is 1. The van der Waals surface area contributed by atoms with Crippen LogP contribution in [0.25, 0.3) is 0 Å². The summed E-state index contributed by atoms with van der Waals surface area (Å²) in [6.45, 7) is 4.82. The highest BCUT2D eigenvalue weighted by atomic mass is 19.1. The van der Waals surface area contributed by atoms with Crippen LogP contribution in [0.5, 0.6) is 0 Å². The molecule has 3 rings (SSSR count). The molecule has 0 spiro atoms. The summed E-state index contributed by atoms with van der Waals surface area (Å²) in [7, 11) is 0. The van der Waals surface area contributed by atoms with Crippen molar-refractivity contribution in [3.05, 3.63) is 71.3 Å². The van der Waals surface area contributed by atoms with Gasteiger partial charge in [-0.3, -0.25) is 4.90 Å². The zero-order chi connectivity index (χ0) is 16.9. The van der Waals surface area contributed by atoms with Crippen molar-refractivity contribution in [1.82, 2.24) is 4.90 Å². The molecule has 0 saturated carbocycles. The molecule has 24 heavy (non-hydrogen) atoms. The summed E-state index contributed by atoms with van der Waals surface area (Å²) in [5.41, 5.74) is 1.75. The first-order chi connectivity index (χ1) is 11.6. The average Bonchev–Trinajstić information content (AvgIpc) is 2.99. The van der Waals surface area contributed by atoms with Crippen LogP contribution in [0.2, 0.25) is 0 Å². The minimum absolute atomic E-state index is 0.275. The number of halogens is 2. The quantitative estimate of drug-likeness (QED) is 0.770. The van der Waals surface area contributed by atoms with Gasteiger partial charge in [-0.1, -0.05) is 24.3 Å². The fraction of sp³-hybridized carbons (Fsp3) is 0.400. The smallest absolute Gasteiger partial charge is 0.123 e. The second kappa shape index (κ2) is 7.86. The van der Waals surface area contributed by atoms with E-state index in [1.807, 2.05) is 0 Å². The van der Waals surface area contributed by atoms with Gasteiger partial charge in [0.1, 0.15) is 17.7 Å². The molecule has 1 fully saturated rings.